The van der Waals surface area contributed by atoms with E-state index in [1.165, 1.54) is 38.3 Å². The van der Waals surface area contributed by atoms with Gasteiger partial charge in [0.05, 0.1) is 24.1 Å². The Morgan fingerprint density at radius 1 is 0.659 bits per heavy atom. The molecule has 3 aliphatic carbocycles. The van der Waals surface area contributed by atoms with Crippen molar-refractivity contribution in [1.82, 2.24) is 0 Å². The highest BCUT2D eigenvalue weighted by Crippen LogP contribution is 2.62. The fraction of sp³-hybridized carbons (Fsp3) is 0.459. The maximum atomic E-state index is 14.3. The minimum absolute atomic E-state index is 0.00800. The molecule has 4 unspecified atom stereocenters. The van der Waals surface area contributed by atoms with Gasteiger partial charge in [0.2, 0.25) is 11.8 Å². The fourth-order valence-corrected chi connectivity index (χ4v) is 7.20. The molecule has 3 aromatic rings. The molecule has 7 rings (SSSR count). The Balaban J connectivity index is 1.42. The van der Waals surface area contributed by atoms with E-state index in [0.29, 0.717) is 12.3 Å². The molecule has 0 spiro atoms. The van der Waals surface area contributed by atoms with Crippen LogP contribution in [0.2, 0.25) is 0 Å². The lowest BCUT2D eigenvalue weighted by atomic mass is 9.54. The number of benzene rings is 3. The zero-order valence-corrected chi connectivity index (χ0v) is 25.6. The minimum Gasteiger partial charge on any atom is -0.494 e. The molecule has 4 aliphatic rings. The largest absolute Gasteiger partial charge is 0.494 e. The Kier molecular flexibility index (Phi) is 6.67. The molecule has 0 aromatic heterocycles. The van der Waals surface area contributed by atoms with Gasteiger partial charge < -0.3 is 4.74 Å². The number of hydrogen-bond acceptors (Lipinski definition) is 3. The lowest BCUT2D eigenvalue weighted by Crippen LogP contribution is -2.42. The molecule has 0 N–H and O–H groups in total. The summed E-state index contributed by atoms with van der Waals surface area (Å²) in [7, 11) is 0. The van der Waals surface area contributed by atoms with Crippen LogP contribution in [0.25, 0.3) is 0 Å². The van der Waals surface area contributed by atoms with Crippen molar-refractivity contribution in [3.8, 4) is 5.75 Å². The van der Waals surface area contributed by atoms with Crippen LogP contribution in [-0.2, 0) is 20.4 Å². The summed E-state index contributed by atoms with van der Waals surface area (Å²) in [4.78, 5) is 30.0. The lowest BCUT2D eigenvalue weighted by Gasteiger charge is -2.47. The molecule has 1 heterocycles. The smallest absolute Gasteiger partial charge is 0.238 e. The molecule has 4 nitrogen and oxygen atoms in total. The van der Waals surface area contributed by atoms with Crippen LogP contribution in [-0.4, -0.2) is 18.4 Å². The van der Waals surface area contributed by atoms with Crippen LogP contribution in [0.15, 0.2) is 60.7 Å². The summed E-state index contributed by atoms with van der Waals surface area (Å²) in [6, 6.07) is 21.0. The predicted molar refractivity (Wildman–Crippen MR) is 165 cm³/mol. The molecule has 1 aliphatic heterocycles. The summed E-state index contributed by atoms with van der Waals surface area (Å²) in [5.41, 5.74) is 8.00. The maximum Gasteiger partial charge on any atom is 0.238 e. The van der Waals surface area contributed by atoms with Crippen LogP contribution in [0.1, 0.15) is 113 Å². The third-order valence-corrected chi connectivity index (χ3v) is 9.47. The fourth-order valence-electron chi connectivity index (χ4n) is 7.20. The van der Waals surface area contributed by atoms with Crippen molar-refractivity contribution in [2.24, 2.45) is 11.8 Å². The van der Waals surface area contributed by atoms with E-state index < -0.39 is 11.8 Å². The van der Waals surface area contributed by atoms with E-state index >= 15 is 0 Å². The summed E-state index contributed by atoms with van der Waals surface area (Å²) in [5, 5.41) is 0. The monoisotopic (exact) mass is 549 g/mol. The Morgan fingerprint density at radius 2 is 1.15 bits per heavy atom. The van der Waals surface area contributed by atoms with E-state index in [9.17, 15) is 9.59 Å². The van der Waals surface area contributed by atoms with E-state index in [1.807, 2.05) is 24.3 Å². The number of imide groups is 1. The molecule has 1 fully saturated rings. The van der Waals surface area contributed by atoms with E-state index in [2.05, 4.69) is 84.9 Å². The first-order valence-electron chi connectivity index (χ1n) is 15.3. The van der Waals surface area contributed by atoms with Gasteiger partial charge in [-0.25, -0.2) is 4.90 Å². The highest BCUT2D eigenvalue weighted by molar-refractivity contribution is 6.23. The number of unbranched alkanes of at least 4 members (excludes halogenated alkanes) is 2. The summed E-state index contributed by atoms with van der Waals surface area (Å²) in [6.45, 7) is 16.2. The molecule has 1 saturated heterocycles. The van der Waals surface area contributed by atoms with Crippen LogP contribution >= 0.6 is 0 Å². The van der Waals surface area contributed by atoms with Gasteiger partial charge in [0.1, 0.15) is 5.75 Å². The Bertz CT molecular complexity index is 1420. The number of anilines is 1. The second-order valence-corrected chi connectivity index (χ2v) is 14.3. The second kappa shape index (κ2) is 9.86. The molecule has 2 amide bonds. The number of hydrogen-bond donors (Lipinski definition) is 0. The predicted octanol–water partition coefficient (Wildman–Crippen LogP) is 8.25. The quantitative estimate of drug-likeness (QED) is 0.230. The molecule has 0 saturated carbocycles. The SMILES string of the molecule is CCCCCOc1ccc(N2C(=O)C3C4c5ccc(C(C)(C)C)cc5C(c5ccc(C(C)(C)C)cc54)C3C2=O)cc1. The first-order valence-corrected chi connectivity index (χ1v) is 15.3. The number of amides is 2. The molecule has 0 radical (unpaired) electrons. The highest BCUT2D eigenvalue weighted by atomic mass is 16.5. The van der Waals surface area contributed by atoms with E-state index in [1.54, 1.807) is 0 Å². The number of ether oxygens (including phenoxy) is 1. The van der Waals surface area contributed by atoms with E-state index in [0.717, 1.165) is 25.0 Å². The molecule has 3 aromatic carbocycles. The lowest BCUT2D eigenvalue weighted by molar-refractivity contribution is -0.122. The normalized spacial score (nSPS) is 23.0. The Morgan fingerprint density at radius 3 is 1.59 bits per heavy atom. The molecule has 214 valence electrons. The van der Waals surface area contributed by atoms with Crippen molar-refractivity contribution in [2.75, 3.05) is 11.5 Å². The molecular weight excluding hydrogens is 506 g/mol. The molecular formula is C37H43NO3. The Labute approximate surface area is 245 Å². The molecule has 4 heteroatoms. The van der Waals surface area contributed by atoms with Crippen molar-refractivity contribution in [1.29, 1.82) is 0 Å². The summed E-state index contributed by atoms with van der Waals surface area (Å²) in [5.74, 6) is -0.442. The third kappa shape index (κ3) is 4.51. The van der Waals surface area contributed by atoms with Crippen molar-refractivity contribution < 1.29 is 14.3 Å². The first kappa shape index (κ1) is 27.8. The number of rotatable bonds is 6. The number of nitrogens with zero attached hydrogens (tertiary/aromatic N) is 1. The van der Waals surface area contributed by atoms with Crippen molar-refractivity contribution in [2.45, 2.75) is 90.4 Å². The van der Waals surface area contributed by atoms with Crippen LogP contribution in [0.4, 0.5) is 5.69 Å². The van der Waals surface area contributed by atoms with Gasteiger partial charge in [-0.15, -0.1) is 0 Å². The minimum atomic E-state index is -0.395. The van der Waals surface area contributed by atoms with Gasteiger partial charge in [0, 0.05) is 11.8 Å². The third-order valence-electron chi connectivity index (χ3n) is 9.47. The van der Waals surface area contributed by atoms with Crippen molar-refractivity contribution in [3.05, 3.63) is 94.0 Å². The van der Waals surface area contributed by atoms with E-state index in [4.69, 9.17) is 4.74 Å². The molecule has 41 heavy (non-hydrogen) atoms. The van der Waals surface area contributed by atoms with E-state index in [-0.39, 0.29) is 34.5 Å². The Hall–Kier alpha value is -3.40. The van der Waals surface area contributed by atoms with Crippen LogP contribution in [0.3, 0.4) is 0 Å². The topological polar surface area (TPSA) is 46.6 Å². The van der Waals surface area contributed by atoms with Crippen LogP contribution < -0.4 is 9.64 Å². The maximum absolute atomic E-state index is 14.3. The number of carbonyl (C=O) groups is 2. The average Bonchev–Trinajstić information content (AvgIpc) is 3.20. The van der Waals surface area contributed by atoms with Crippen LogP contribution in [0, 0.1) is 11.8 Å². The van der Waals surface area contributed by atoms with Gasteiger partial charge in [-0.3, -0.25) is 9.59 Å². The summed E-state index contributed by atoms with van der Waals surface area (Å²) >= 11 is 0. The van der Waals surface area contributed by atoms with Crippen molar-refractivity contribution in [3.63, 3.8) is 0 Å². The van der Waals surface area contributed by atoms with Gasteiger partial charge in [-0.1, -0.05) is 97.7 Å². The zero-order valence-electron chi connectivity index (χ0n) is 25.6. The van der Waals surface area contributed by atoms with Crippen molar-refractivity contribution >= 4 is 17.5 Å². The summed E-state index contributed by atoms with van der Waals surface area (Å²) < 4.78 is 5.89. The van der Waals surface area contributed by atoms with Gasteiger partial charge in [0.15, 0.2) is 0 Å². The zero-order chi connectivity index (χ0) is 29.3. The van der Waals surface area contributed by atoms with Crippen LogP contribution in [0.5, 0.6) is 5.75 Å². The van der Waals surface area contributed by atoms with Gasteiger partial charge >= 0.3 is 0 Å². The molecule has 2 bridgehead atoms. The van der Waals surface area contributed by atoms with Gasteiger partial charge in [-0.05, 0) is 74.9 Å². The average molecular weight is 550 g/mol. The van der Waals surface area contributed by atoms with Gasteiger partial charge in [0.25, 0.3) is 0 Å². The molecule has 4 atom stereocenters. The first-order chi connectivity index (χ1) is 19.4. The number of carbonyl (C=O) groups excluding carboxylic acids is 2. The standard InChI is InChI=1S/C37H43NO3/c1-8-9-10-19-41-25-15-13-24(14-16-25)38-34(39)32-30-27-18-12-23(37(5,6)7)21-29(27)31(33(32)35(38)40)26-17-11-22(20-28(26)30)36(2,3)4/h11-18,20-21,30-33H,8-10,19H2,1-7H3. The second-order valence-electron chi connectivity index (χ2n) is 14.3. The highest BCUT2D eigenvalue weighted by Gasteiger charge is 2.62. The summed E-state index contributed by atoms with van der Waals surface area (Å²) in [6.07, 6.45) is 3.30. The van der Waals surface area contributed by atoms with Gasteiger partial charge in [-0.2, -0.15) is 0 Å².